The van der Waals surface area contributed by atoms with Crippen molar-refractivity contribution in [2.75, 3.05) is 19.0 Å². The van der Waals surface area contributed by atoms with E-state index < -0.39 is 11.8 Å². The number of anilines is 1. The van der Waals surface area contributed by atoms with Crippen LogP contribution in [0.1, 0.15) is 37.0 Å². The molecule has 0 fully saturated rings. The number of hydrazone groups is 1. The Morgan fingerprint density at radius 3 is 2.45 bits per heavy atom. The van der Waals surface area contributed by atoms with Gasteiger partial charge in [-0.1, -0.05) is 13.0 Å². The molecule has 3 amide bonds. The van der Waals surface area contributed by atoms with E-state index in [9.17, 15) is 14.4 Å². The third-order valence-corrected chi connectivity index (χ3v) is 4.91. The zero-order valence-electron chi connectivity index (χ0n) is 19.5. The van der Waals surface area contributed by atoms with Gasteiger partial charge in [0.1, 0.15) is 0 Å². The van der Waals surface area contributed by atoms with Crippen molar-refractivity contribution in [2.24, 2.45) is 5.10 Å². The van der Waals surface area contributed by atoms with Crippen molar-refractivity contribution >= 4 is 29.6 Å². The van der Waals surface area contributed by atoms with Crippen LogP contribution in [-0.2, 0) is 14.4 Å². The Bertz CT molecular complexity index is 1040. The van der Waals surface area contributed by atoms with Gasteiger partial charge < -0.3 is 20.1 Å². The van der Waals surface area contributed by atoms with Crippen molar-refractivity contribution in [2.45, 2.75) is 40.2 Å². The molecule has 9 nitrogen and oxygen atoms in total. The fourth-order valence-corrected chi connectivity index (χ4v) is 2.65. The van der Waals surface area contributed by atoms with Gasteiger partial charge in [0.2, 0.25) is 0 Å². The van der Waals surface area contributed by atoms with Crippen LogP contribution in [0.4, 0.5) is 5.69 Å². The van der Waals surface area contributed by atoms with Gasteiger partial charge in [0.25, 0.3) is 5.91 Å². The highest BCUT2D eigenvalue weighted by atomic mass is 16.5. The Labute approximate surface area is 193 Å². The third-order valence-electron chi connectivity index (χ3n) is 4.91. The van der Waals surface area contributed by atoms with E-state index in [0.29, 0.717) is 29.2 Å². The van der Waals surface area contributed by atoms with Crippen molar-refractivity contribution < 1.29 is 23.9 Å². The van der Waals surface area contributed by atoms with E-state index in [1.807, 2.05) is 39.0 Å². The molecule has 0 aliphatic carbocycles. The molecule has 0 unspecified atom stereocenters. The average Bonchev–Trinajstić information content (AvgIpc) is 2.80. The number of nitrogens with one attached hydrogen (secondary N) is 3. The molecule has 2 aromatic carbocycles. The summed E-state index contributed by atoms with van der Waals surface area (Å²) < 4.78 is 10.9. The van der Waals surface area contributed by atoms with E-state index in [-0.39, 0.29) is 18.6 Å². The molecule has 2 aromatic rings. The van der Waals surface area contributed by atoms with Gasteiger partial charge in [-0.25, -0.2) is 5.43 Å². The van der Waals surface area contributed by atoms with Gasteiger partial charge in [0.15, 0.2) is 18.1 Å². The van der Waals surface area contributed by atoms with Gasteiger partial charge in [0, 0.05) is 11.7 Å². The highest BCUT2D eigenvalue weighted by molar-refractivity contribution is 6.35. The van der Waals surface area contributed by atoms with Gasteiger partial charge in [-0.2, -0.15) is 5.10 Å². The van der Waals surface area contributed by atoms with E-state index in [1.54, 1.807) is 25.1 Å². The molecule has 33 heavy (non-hydrogen) atoms. The molecule has 0 saturated carbocycles. The van der Waals surface area contributed by atoms with Crippen molar-refractivity contribution in [1.29, 1.82) is 0 Å². The second-order valence-electron chi connectivity index (χ2n) is 7.53. The molecule has 0 spiro atoms. The van der Waals surface area contributed by atoms with E-state index in [2.05, 4.69) is 21.2 Å². The van der Waals surface area contributed by atoms with E-state index >= 15 is 0 Å². The number of carbonyl (C=O) groups excluding carboxylic acids is 3. The van der Waals surface area contributed by atoms with Crippen molar-refractivity contribution in [3.05, 3.63) is 53.1 Å². The van der Waals surface area contributed by atoms with Gasteiger partial charge in [-0.05, 0) is 74.2 Å². The van der Waals surface area contributed by atoms with E-state index in [0.717, 1.165) is 11.1 Å². The monoisotopic (exact) mass is 454 g/mol. The highest BCUT2D eigenvalue weighted by Gasteiger charge is 2.14. The number of rotatable bonds is 9. The van der Waals surface area contributed by atoms with Crippen molar-refractivity contribution in [3.8, 4) is 11.5 Å². The predicted molar refractivity (Wildman–Crippen MR) is 127 cm³/mol. The quantitative estimate of drug-likeness (QED) is 0.306. The van der Waals surface area contributed by atoms with Gasteiger partial charge in [0.05, 0.1) is 13.3 Å². The molecule has 3 N–H and O–H groups in total. The van der Waals surface area contributed by atoms with Crippen LogP contribution in [0.15, 0.2) is 41.5 Å². The fourth-order valence-electron chi connectivity index (χ4n) is 2.65. The van der Waals surface area contributed by atoms with Crippen LogP contribution in [0.2, 0.25) is 0 Å². The molecule has 0 saturated heterocycles. The smallest absolute Gasteiger partial charge is 0.329 e. The molecule has 0 radical (unpaired) electrons. The molecule has 2 rings (SSSR count). The normalized spacial score (nSPS) is 11.5. The molecular formula is C24H30N4O5. The van der Waals surface area contributed by atoms with Crippen LogP contribution >= 0.6 is 0 Å². The van der Waals surface area contributed by atoms with Gasteiger partial charge >= 0.3 is 11.8 Å². The van der Waals surface area contributed by atoms with Crippen LogP contribution in [0.25, 0.3) is 0 Å². The summed E-state index contributed by atoms with van der Waals surface area (Å²) in [6, 6.07) is 10.5. The summed E-state index contributed by atoms with van der Waals surface area (Å²) in [5, 5.41) is 9.14. The van der Waals surface area contributed by atoms with E-state index in [1.165, 1.54) is 13.3 Å². The summed E-state index contributed by atoms with van der Waals surface area (Å²) in [5.41, 5.74) is 5.70. The second-order valence-corrected chi connectivity index (χ2v) is 7.53. The Balaban J connectivity index is 1.92. The minimum Gasteiger partial charge on any atom is -0.493 e. The van der Waals surface area contributed by atoms with Gasteiger partial charge in [-0.3, -0.25) is 14.4 Å². The maximum absolute atomic E-state index is 12.2. The summed E-state index contributed by atoms with van der Waals surface area (Å²) in [6.45, 7) is 7.49. The number of hydrogen-bond acceptors (Lipinski definition) is 6. The maximum Gasteiger partial charge on any atom is 0.329 e. The average molecular weight is 455 g/mol. The first-order valence-electron chi connectivity index (χ1n) is 10.5. The fraction of sp³-hybridized carbons (Fsp3) is 0.333. The molecule has 176 valence electrons. The van der Waals surface area contributed by atoms with Crippen LogP contribution in [0.5, 0.6) is 11.5 Å². The highest BCUT2D eigenvalue weighted by Crippen LogP contribution is 2.27. The summed E-state index contributed by atoms with van der Waals surface area (Å²) >= 11 is 0. The number of carbonyl (C=O) groups is 3. The third kappa shape index (κ3) is 7.95. The summed E-state index contributed by atoms with van der Waals surface area (Å²) in [7, 11) is 1.47. The number of amides is 3. The van der Waals surface area contributed by atoms with Crippen molar-refractivity contribution in [3.63, 3.8) is 0 Å². The predicted octanol–water partition coefficient (Wildman–Crippen LogP) is 2.69. The topological polar surface area (TPSA) is 118 Å². The Morgan fingerprint density at radius 1 is 1.03 bits per heavy atom. The second kappa shape index (κ2) is 12.2. The SMILES string of the molecule is CC[C@@H](C)NC(=O)C(=O)N/N=C\c1ccc(OCC(=O)Nc2ccc(C)c(C)c2)c(OC)c1. The van der Waals surface area contributed by atoms with Crippen LogP contribution in [0.3, 0.4) is 0 Å². The summed E-state index contributed by atoms with van der Waals surface area (Å²) in [4.78, 5) is 35.7. The number of nitrogens with zero attached hydrogens (tertiary/aromatic N) is 1. The number of benzene rings is 2. The first kappa shape index (κ1) is 25.4. The van der Waals surface area contributed by atoms with Gasteiger partial charge in [-0.15, -0.1) is 0 Å². The van der Waals surface area contributed by atoms with Crippen LogP contribution in [0, 0.1) is 13.8 Å². The zero-order chi connectivity index (χ0) is 24.4. The molecule has 9 heteroatoms. The molecule has 0 aliphatic heterocycles. The maximum atomic E-state index is 12.2. The van der Waals surface area contributed by atoms with E-state index in [4.69, 9.17) is 9.47 Å². The lowest BCUT2D eigenvalue weighted by Crippen LogP contribution is -2.41. The lowest BCUT2D eigenvalue weighted by Gasteiger charge is -2.12. The first-order chi connectivity index (χ1) is 15.7. The molecule has 0 heterocycles. The Kier molecular flexibility index (Phi) is 9.41. The van der Waals surface area contributed by atoms with Crippen LogP contribution < -0.4 is 25.5 Å². The first-order valence-corrected chi connectivity index (χ1v) is 10.5. The summed E-state index contributed by atoms with van der Waals surface area (Å²) in [6.07, 6.45) is 2.08. The largest absolute Gasteiger partial charge is 0.493 e. The minimum absolute atomic E-state index is 0.105. The van der Waals surface area contributed by atoms with Crippen LogP contribution in [-0.4, -0.2) is 43.7 Å². The number of methoxy groups -OCH3 is 1. The molecular weight excluding hydrogens is 424 g/mol. The molecule has 1 atom stereocenters. The Morgan fingerprint density at radius 2 is 1.79 bits per heavy atom. The zero-order valence-corrected chi connectivity index (χ0v) is 19.5. The lowest BCUT2D eigenvalue weighted by molar-refractivity contribution is -0.139. The Hall–Kier alpha value is -3.88. The summed E-state index contributed by atoms with van der Waals surface area (Å²) in [5.74, 6) is -1.14. The number of hydrogen-bond donors (Lipinski definition) is 3. The number of aryl methyl sites for hydroxylation is 2. The van der Waals surface area contributed by atoms with Crippen molar-refractivity contribution in [1.82, 2.24) is 10.7 Å². The lowest BCUT2D eigenvalue weighted by atomic mass is 10.1. The number of ether oxygens (including phenoxy) is 2. The standard InChI is InChI=1S/C24H30N4O5/c1-6-17(4)26-23(30)24(31)28-25-13-18-8-10-20(21(12-18)32-5)33-14-22(29)27-19-9-7-15(2)16(3)11-19/h7-13,17H,6,14H2,1-5H3,(H,26,30)(H,27,29)(H,28,31)/b25-13-/t17-/m1/s1. The molecule has 0 bridgehead atoms. The minimum atomic E-state index is -0.853. The molecule has 0 aromatic heterocycles. The molecule has 0 aliphatic rings.